The molecule has 0 bridgehead atoms. The normalized spacial score (nSPS) is 13.7. The Hall–Kier alpha value is -1.30. The molecule has 0 aliphatic rings. The first-order chi connectivity index (χ1) is 7.06. The number of nitrogens with two attached hydrogens (primary N) is 1. The number of oxime groups is 1. The van der Waals surface area contributed by atoms with E-state index in [-0.39, 0.29) is 24.3 Å². The maximum Gasteiger partial charge on any atom is 0.236 e. The Kier molecular flexibility index (Phi) is 6.44. The molecule has 0 aromatic carbocycles. The van der Waals surface area contributed by atoms with Crippen LogP contribution >= 0.6 is 0 Å². The Morgan fingerprint density at radius 3 is 2.47 bits per heavy atom. The maximum atomic E-state index is 11.5. The van der Waals surface area contributed by atoms with Crippen LogP contribution in [0.25, 0.3) is 0 Å². The molecule has 0 aliphatic carbocycles. The van der Waals surface area contributed by atoms with Crippen molar-refractivity contribution in [2.75, 3.05) is 19.6 Å². The molecule has 0 radical (unpaired) electrons. The smallest absolute Gasteiger partial charge is 0.236 e. The van der Waals surface area contributed by atoms with E-state index in [0.29, 0.717) is 13.1 Å². The van der Waals surface area contributed by atoms with Gasteiger partial charge in [-0.3, -0.25) is 10.1 Å². The van der Waals surface area contributed by atoms with Gasteiger partial charge in [-0.05, 0) is 20.8 Å². The summed E-state index contributed by atoms with van der Waals surface area (Å²) in [5, 5.41) is 14.1. The van der Waals surface area contributed by atoms with E-state index >= 15 is 0 Å². The van der Waals surface area contributed by atoms with Gasteiger partial charge in [-0.15, -0.1) is 0 Å². The van der Waals surface area contributed by atoms with Gasteiger partial charge in [0.15, 0.2) is 5.84 Å². The molecular formula is C9H20N4O2. The van der Waals surface area contributed by atoms with E-state index in [9.17, 15) is 4.79 Å². The van der Waals surface area contributed by atoms with Crippen LogP contribution in [0.5, 0.6) is 0 Å². The molecule has 0 saturated heterocycles. The Morgan fingerprint density at radius 1 is 1.53 bits per heavy atom. The van der Waals surface area contributed by atoms with Gasteiger partial charge in [-0.25, -0.2) is 0 Å². The topological polar surface area (TPSA) is 91.0 Å². The Labute approximate surface area is 90.1 Å². The van der Waals surface area contributed by atoms with Crippen LogP contribution in [0.15, 0.2) is 5.16 Å². The Morgan fingerprint density at radius 2 is 2.07 bits per heavy atom. The number of carbonyl (C=O) groups is 1. The third-order valence-corrected chi connectivity index (χ3v) is 2.23. The maximum absolute atomic E-state index is 11.5. The average Bonchev–Trinajstić information content (AvgIpc) is 2.26. The van der Waals surface area contributed by atoms with Gasteiger partial charge < -0.3 is 15.8 Å². The molecule has 0 fully saturated rings. The molecule has 0 aromatic rings. The number of rotatable bonds is 6. The lowest BCUT2D eigenvalue weighted by atomic mass is 10.3. The van der Waals surface area contributed by atoms with Gasteiger partial charge in [-0.1, -0.05) is 5.16 Å². The molecule has 0 aliphatic heterocycles. The van der Waals surface area contributed by atoms with Gasteiger partial charge in [0.25, 0.3) is 0 Å². The summed E-state index contributed by atoms with van der Waals surface area (Å²) in [4.78, 5) is 13.3. The van der Waals surface area contributed by atoms with Gasteiger partial charge >= 0.3 is 0 Å². The molecule has 1 atom stereocenters. The number of amidine groups is 1. The summed E-state index contributed by atoms with van der Waals surface area (Å²) in [6.07, 6.45) is 0. The lowest BCUT2D eigenvalue weighted by Crippen LogP contribution is -2.45. The molecule has 1 unspecified atom stereocenters. The van der Waals surface area contributed by atoms with Crippen molar-refractivity contribution < 1.29 is 10.0 Å². The Bertz CT molecular complexity index is 226. The molecule has 88 valence electrons. The molecule has 0 spiro atoms. The third-order valence-electron chi connectivity index (χ3n) is 2.23. The summed E-state index contributed by atoms with van der Waals surface area (Å²) in [7, 11) is 0. The van der Waals surface area contributed by atoms with E-state index in [1.165, 1.54) is 0 Å². The number of nitrogens with zero attached hydrogens (tertiary/aromatic N) is 2. The lowest BCUT2D eigenvalue weighted by molar-refractivity contribution is -0.129. The highest BCUT2D eigenvalue weighted by molar-refractivity contribution is 5.86. The summed E-state index contributed by atoms with van der Waals surface area (Å²) < 4.78 is 0. The van der Waals surface area contributed by atoms with Crippen molar-refractivity contribution in [3.8, 4) is 0 Å². The van der Waals surface area contributed by atoms with Crippen LogP contribution in [0, 0.1) is 0 Å². The second-order valence-corrected chi connectivity index (χ2v) is 3.19. The van der Waals surface area contributed by atoms with Crippen LogP contribution in [0.1, 0.15) is 20.8 Å². The van der Waals surface area contributed by atoms with Crippen molar-refractivity contribution in [1.29, 1.82) is 0 Å². The summed E-state index contributed by atoms with van der Waals surface area (Å²) in [5.74, 6) is 0.0833. The zero-order chi connectivity index (χ0) is 11.8. The molecule has 6 nitrogen and oxygen atoms in total. The van der Waals surface area contributed by atoms with Crippen molar-refractivity contribution >= 4 is 11.7 Å². The second kappa shape index (κ2) is 7.05. The molecule has 6 heteroatoms. The molecule has 0 saturated carbocycles. The summed E-state index contributed by atoms with van der Waals surface area (Å²) in [6, 6.07) is -0.311. The van der Waals surface area contributed by atoms with Gasteiger partial charge in [0.2, 0.25) is 5.91 Å². The zero-order valence-electron chi connectivity index (χ0n) is 9.53. The molecule has 0 aromatic heterocycles. The highest BCUT2D eigenvalue weighted by atomic mass is 16.4. The minimum Gasteiger partial charge on any atom is -0.409 e. The highest BCUT2D eigenvalue weighted by Gasteiger charge is 2.12. The molecule has 0 heterocycles. The predicted octanol–water partition coefficient (Wildman–Crippen LogP) is -0.421. The van der Waals surface area contributed by atoms with Crippen LogP contribution in [0.4, 0.5) is 0 Å². The van der Waals surface area contributed by atoms with Crippen molar-refractivity contribution in [3.63, 3.8) is 0 Å². The summed E-state index contributed by atoms with van der Waals surface area (Å²) >= 11 is 0. The fourth-order valence-corrected chi connectivity index (χ4v) is 1.12. The monoisotopic (exact) mass is 216 g/mol. The first-order valence-corrected chi connectivity index (χ1v) is 5.05. The van der Waals surface area contributed by atoms with Crippen molar-refractivity contribution in [1.82, 2.24) is 10.2 Å². The van der Waals surface area contributed by atoms with Gasteiger partial charge in [0, 0.05) is 13.1 Å². The van der Waals surface area contributed by atoms with E-state index in [4.69, 9.17) is 10.9 Å². The zero-order valence-corrected chi connectivity index (χ0v) is 9.53. The van der Waals surface area contributed by atoms with Gasteiger partial charge in [0.05, 0.1) is 12.6 Å². The fourth-order valence-electron chi connectivity index (χ4n) is 1.12. The van der Waals surface area contributed by atoms with E-state index in [2.05, 4.69) is 10.5 Å². The Balaban J connectivity index is 4.00. The molecule has 1 amide bonds. The number of likely N-dealkylation sites (N-methyl/N-ethyl adjacent to an activating group) is 1. The van der Waals surface area contributed by atoms with E-state index in [0.717, 1.165) is 0 Å². The van der Waals surface area contributed by atoms with Crippen molar-refractivity contribution in [3.05, 3.63) is 0 Å². The first kappa shape index (κ1) is 13.7. The first-order valence-electron chi connectivity index (χ1n) is 5.05. The van der Waals surface area contributed by atoms with E-state index < -0.39 is 0 Å². The molecule has 0 rings (SSSR count). The number of amides is 1. The lowest BCUT2D eigenvalue weighted by Gasteiger charge is -2.20. The van der Waals surface area contributed by atoms with Crippen molar-refractivity contribution in [2.24, 2.45) is 10.9 Å². The van der Waals surface area contributed by atoms with Crippen LogP contribution in [-0.4, -0.2) is 47.5 Å². The van der Waals surface area contributed by atoms with Gasteiger partial charge in [0.1, 0.15) is 0 Å². The van der Waals surface area contributed by atoms with Gasteiger partial charge in [-0.2, -0.15) is 0 Å². The predicted molar refractivity (Wildman–Crippen MR) is 58.8 cm³/mol. The van der Waals surface area contributed by atoms with E-state index in [1.807, 2.05) is 13.8 Å². The summed E-state index contributed by atoms with van der Waals surface area (Å²) in [5.41, 5.74) is 5.36. The molecular weight excluding hydrogens is 196 g/mol. The third kappa shape index (κ3) is 4.64. The fraction of sp³-hybridized carbons (Fsp3) is 0.778. The molecule has 15 heavy (non-hydrogen) atoms. The largest absolute Gasteiger partial charge is 0.409 e. The van der Waals surface area contributed by atoms with E-state index in [1.54, 1.807) is 11.8 Å². The number of carbonyl (C=O) groups excluding carboxylic acids is 1. The highest BCUT2D eigenvalue weighted by Crippen LogP contribution is 1.89. The van der Waals surface area contributed by atoms with Crippen LogP contribution in [0.3, 0.4) is 0 Å². The summed E-state index contributed by atoms with van der Waals surface area (Å²) in [6.45, 7) is 7.15. The van der Waals surface area contributed by atoms with Crippen molar-refractivity contribution in [2.45, 2.75) is 26.8 Å². The van der Waals surface area contributed by atoms with Crippen LogP contribution in [-0.2, 0) is 4.79 Å². The minimum absolute atomic E-state index is 0.0117. The molecule has 4 N–H and O–H groups in total. The SMILES string of the molecule is CCN(CC)C(=O)CNC(C)C(N)=NO. The van der Waals surface area contributed by atoms with Crippen LogP contribution in [0.2, 0.25) is 0 Å². The quantitative estimate of drug-likeness (QED) is 0.243. The standard InChI is InChI=1S/C9H20N4O2/c1-4-13(5-2)8(14)6-11-7(3)9(10)12-15/h7,11,15H,4-6H2,1-3H3,(H2,10,12). The average molecular weight is 216 g/mol. The number of nitrogens with one attached hydrogen (secondary N) is 1. The second-order valence-electron chi connectivity index (χ2n) is 3.19. The number of hydrogen-bond acceptors (Lipinski definition) is 4. The minimum atomic E-state index is -0.311. The number of hydrogen-bond donors (Lipinski definition) is 3. The van der Waals surface area contributed by atoms with Crippen LogP contribution < -0.4 is 11.1 Å².